The third-order valence-corrected chi connectivity index (χ3v) is 2.62. The maximum Gasteiger partial charge on any atom is 0.144 e. The van der Waals surface area contributed by atoms with Crippen LogP contribution in [0.3, 0.4) is 0 Å². The molecule has 3 nitrogen and oxygen atoms in total. The Hall–Kier alpha value is -1.09. The van der Waals surface area contributed by atoms with E-state index in [9.17, 15) is 0 Å². The normalized spacial score (nSPS) is 32.8. The first kappa shape index (κ1) is 7.33. The first-order valence-corrected chi connectivity index (χ1v) is 4.48. The van der Waals surface area contributed by atoms with E-state index in [0.717, 1.165) is 11.4 Å². The van der Waals surface area contributed by atoms with Gasteiger partial charge in [-0.1, -0.05) is 0 Å². The predicted molar refractivity (Wildman–Crippen MR) is 46.6 cm³/mol. The fourth-order valence-corrected chi connectivity index (χ4v) is 1.89. The Morgan fingerprint density at radius 3 is 3.15 bits per heavy atom. The van der Waals surface area contributed by atoms with Gasteiger partial charge in [0.05, 0.1) is 0 Å². The molecule has 13 heavy (non-hydrogen) atoms. The van der Waals surface area contributed by atoms with E-state index in [1.807, 2.05) is 26.0 Å². The predicted octanol–water partition coefficient (Wildman–Crippen LogP) is 1.69. The van der Waals surface area contributed by atoms with E-state index >= 15 is 0 Å². The Morgan fingerprint density at radius 1 is 1.46 bits per heavy atom. The van der Waals surface area contributed by atoms with E-state index in [4.69, 9.17) is 9.47 Å². The molecule has 0 N–H and O–H groups in total. The number of aromatic nitrogens is 1. The largest absolute Gasteiger partial charge is 0.483 e. The maximum absolute atomic E-state index is 5.79. The number of pyridine rings is 1. The highest BCUT2D eigenvalue weighted by atomic mass is 16.6. The van der Waals surface area contributed by atoms with Crippen molar-refractivity contribution in [1.82, 2.24) is 4.98 Å². The lowest BCUT2D eigenvalue weighted by Gasteiger charge is -2.28. The summed E-state index contributed by atoms with van der Waals surface area (Å²) in [7, 11) is 0. The molecule has 2 aliphatic rings. The van der Waals surface area contributed by atoms with Crippen LogP contribution in [0, 0.1) is 0 Å². The summed E-state index contributed by atoms with van der Waals surface area (Å²) >= 11 is 0. The number of rotatable bonds is 0. The van der Waals surface area contributed by atoms with Crippen molar-refractivity contribution in [2.45, 2.75) is 31.7 Å². The van der Waals surface area contributed by atoms with Crippen molar-refractivity contribution in [3.63, 3.8) is 0 Å². The van der Waals surface area contributed by atoms with E-state index in [-0.39, 0.29) is 17.8 Å². The highest BCUT2D eigenvalue weighted by Crippen LogP contribution is 2.52. The molecule has 2 atom stereocenters. The molecule has 0 aliphatic carbocycles. The fourth-order valence-electron chi connectivity index (χ4n) is 1.89. The van der Waals surface area contributed by atoms with Gasteiger partial charge in [-0.05, 0) is 26.0 Å². The molecule has 1 aromatic heterocycles. The molecular weight excluding hydrogens is 166 g/mol. The molecule has 0 saturated carbocycles. The van der Waals surface area contributed by atoms with Crippen LogP contribution in [-0.2, 0) is 4.74 Å². The van der Waals surface area contributed by atoms with Crippen molar-refractivity contribution in [1.29, 1.82) is 0 Å². The van der Waals surface area contributed by atoms with Gasteiger partial charge in [-0.3, -0.25) is 4.98 Å². The minimum absolute atomic E-state index is 0.167. The molecule has 0 amide bonds. The second-order valence-corrected chi connectivity index (χ2v) is 4.07. The van der Waals surface area contributed by atoms with Crippen molar-refractivity contribution >= 4 is 0 Å². The Balaban J connectivity index is 2.11. The number of hydrogen-bond acceptors (Lipinski definition) is 3. The Kier molecular flexibility index (Phi) is 1.15. The van der Waals surface area contributed by atoms with Crippen LogP contribution in [0.2, 0.25) is 0 Å². The van der Waals surface area contributed by atoms with Gasteiger partial charge in [0.1, 0.15) is 29.3 Å². The lowest BCUT2D eigenvalue weighted by molar-refractivity contribution is 0.0719. The van der Waals surface area contributed by atoms with Crippen molar-refractivity contribution in [3.05, 3.63) is 24.0 Å². The highest BCUT2D eigenvalue weighted by Gasteiger charge is 2.57. The van der Waals surface area contributed by atoms with Crippen LogP contribution in [0.1, 0.15) is 25.6 Å². The van der Waals surface area contributed by atoms with E-state index in [2.05, 4.69) is 4.98 Å². The van der Waals surface area contributed by atoms with Gasteiger partial charge < -0.3 is 9.47 Å². The highest BCUT2D eigenvalue weighted by molar-refractivity contribution is 5.36. The van der Waals surface area contributed by atoms with Crippen LogP contribution >= 0.6 is 0 Å². The average molecular weight is 177 g/mol. The van der Waals surface area contributed by atoms with Crippen LogP contribution in [-0.4, -0.2) is 16.7 Å². The van der Waals surface area contributed by atoms with Crippen LogP contribution in [0.15, 0.2) is 18.3 Å². The Morgan fingerprint density at radius 2 is 2.31 bits per heavy atom. The van der Waals surface area contributed by atoms with E-state index < -0.39 is 0 Å². The van der Waals surface area contributed by atoms with E-state index in [1.165, 1.54) is 0 Å². The third kappa shape index (κ3) is 0.907. The Labute approximate surface area is 76.7 Å². The van der Waals surface area contributed by atoms with Crippen molar-refractivity contribution < 1.29 is 9.47 Å². The molecule has 0 bridgehead atoms. The molecule has 0 radical (unpaired) electrons. The zero-order valence-corrected chi connectivity index (χ0v) is 7.65. The van der Waals surface area contributed by atoms with Gasteiger partial charge in [0.25, 0.3) is 0 Å². The van der Waals surface area contributed by atoms with Crippen LogP contribution < -0.4 is 4.74 Å². The summed E-state index contributed by atoms with van der Waals surface area (Å²) in [4.78, 5) is 4.26. The minimum atomic E-state index is -0.208. The fraction of sp³-hybridized carbons (Fsp3) is 0.500. The number of hydrogen-bond donors (Lipinski definition) is 0. The first-order valence-electron chi connectivity index (χ1n) is 4.48. The molecule has 68 valence electrons. The quantitative estimate of drug-likeness (QED) is 0.565. The number of ether oxygens (including phenoxy) is 2. The smallest absolute Gasteiger partial charge is 0.144 e. The summed E-state index contributed by atoms with van der Waals surface area (Å²) < 4.78 is 11.3. The average Bonchev–Trinajstić information content (AvgIpc) is 2.83. The maximum atomic E-state index is 5.79. The third-order valence-electron chi connectivity index (χ3n) is 2.62. The molecule has 2 unspecified atom stereocenters. The first-order chi connectivity index (χ1) is 6.18. The van der Waals surface area contributed by atoms with Crippen LogP contribution in [0.25, 0.3) is 0 Å². The van der Waals surface area contributed by atoms with E-state index in [0.29, 0.717) is 0 Å². The number of fused-ring (bicyclic) bond motifs is 3. The number of epoxide rings is 1. The van der Waals surface area contributed by atoms with Gasteiger partial charge in [0.15, 0.2) is 0 Å². The molecule has 1 aromatic rings. The van der Waals surface area contributed by atoms with Crippen molar-refractivity contribution in [3.8, 4) is 5.75 Å². The van der Waals surface area contributed by atoms with Crippen molar-refractivity contribution in [2.75, 3.05) is 0 Å². The SMILES string of the molecule is CC1(C)Oc2cccnc2C2OC21. The van der Waals surface area contributed by atoms with Crippen LogP contribution in [0.5, 0.6) is 5.75 Å². The molecule has 3 heterocycles. The van der Waals surface area contributed by atoms with Gasteiger partial charge in [-0.2, -0.15) is 0 Å². The van der Waals surface area contributed by atoms with Crippen LogP contribution in [0.4, 0.5) is 0 Å². The van der Waals surface area contributed by atoms with Gasteiger partial charge in [0.2, 0.25) is 0 Å². The molecule has 3 heteroatoms. The monoisotopic (exact) mass is 177 g/mol. The standard InChI is InChI=1S/C10H11NO2/c1-10(2)9-8(12-9)7-6(13-10)4-3-5-11-7/h3-5,8-9H,1-2H3. The van der Waals surface area contributed by atoms with Gasteiger partial charge >= 0.3 is 0 Å². The molecule has 0 spiro atoms. The second kappa shape index (κ2) is 2.04. The summed E-state index contributed by atoms with van der Waals surface area (Å²) in [6, 6.07) is 3.83. The minimum Gasteiger partial charge on any atom is -0.483 e. The summed E-state index contributed by atoms with van der Waals surface area (Å²) in [5.41, 5.74) is 0.743. The number of nitrogens with zero attached hydrogens (tertiary/aromatic N) is 1. The van der Waals surface area contributed by atoms with Gasteiger partial charge in [-0.25, -0.2) is 0 Å². The summed E-state index contributed by atoms with van der Waals surface area (Å²) in [6.07, 6.45) is 2.13. The lowest BCUT2D eigenvalue weighted by atomic mass is 9.97. The lowest BCUT2D eigenvalue weighted by Crippen LogP contribution is -2.37. The summed E-state index contributed by atoms with van der Waals surface area (Å²) in [6.45, 7) is 4.10. The molecule has 0 aromatic carbocycles. The van der Waals surface area contributed by atoms with E-state index in [1.54, 1.807) is 6.20 Å². The summed E-state index contributed by atoms with van der Waals surface area (Å²) in [5, 5.41) is 0. The topological polar surface area (TPSA) is 34.6 Å². The summed E-state index contributed by atoms with van der Waals surface area (Å²) in [5.74, 6) is 0.867. The molecular formula is C10H11NO2. The molecule has 1 saturated heterocycles. The molecule has 2 aliphatic heterocycles. The second-order valence-electron chi connectivity index (χ2n) is 4.07. The Bertz CT molecular complexity index is 362. The zero-order chi connectivity index (χ0) is 9.05. The van der Waals surface area contributed by atoms with Gasteiger partial charge in [0, 0.05) is 6.20 Å². The molecule has 1 fully saturated rings. The van der Waals surface area contributed by atoms with Crippen molar-refractivity contribution in [2.24, 2.45) is 0 Å². The van der Waals surface area contributed by atoms with Gasteiger partial charge in [-0.15, -0.1) is 0 Å². The zero-order valence-electron chi connectivity index (χ0n) is 7.65. The molecule has 3 rings (SSSR count).